The monoisotopic (exact) mass is 310 g/mol. The molecule has 1 saturated carbocycles. The van der Waals surface area contributed by atoms with Gasteiger partial charge in [0, 0.05) is 32.6 Å². The van der Waals surface area contributed by atoms with Gasteiger partial charge in [-0.3, -0.25) is 4.79 Å². The number of nitrogens with one attached hydrogen (secondary N) is 1. The summed E-state index contributed by atoms with van der Waals surface area (Å²) in [5.41, 5.74) is 0. The minimum absolute atomic E-state index is 0. The molecular weight excluding hydrogens is 288 g/mol. The number of carbonyl (C=O) groups is 1. The molecule has 2 fully saturated rings. The van der Waals surface area contributed by atoms with Crippen molar-refractivity contribution >= 4 is 28.2 Å². The van der Waals surface area contributed by atoms with Crippen LogP contribution in [0.4, 0.5) is 0 Å². The van der Waals surface area contributed by atoms with Crippen molar-refractivity contribution < 1.29 is 13.2 Å². The topological polar surface area (TPSA) is 66.5 Å². The van der Waals surface area contributed by atoms with E-state index in [0.717, 1.165) is 38.8 Å². The molecule has 1 N–H and O–H groups in total. The zero-order valence-corrected chi connectivity index (χ0v) is 12.8. The molecule has 0 radical (unpaired) electrons. The van der Waals surface area contributed by atoms with Crippen molar-refractivity contribution in [3.63, 3.8) is 0 Å². The largest absolute Gasteiger partial charge is 0.340 e. The molecule has 0 bridgehead atoms. The van der Waals surface area contributed by atoms with Gasteiger partial charge in [0.15, 0.2) is 9.84 Å². The lowest BCUT2D eigenvalue weighted by Gasteiger charge is -2.27. The molecule has 1 heterocycles. The van der Waals surface area contributed by atoms with Gasteiger partial charge in [-0.2, -0.15) is 0 Å². The molecule has 1 amide bonds. The lowest BCUT2D eigenvalue weighted by Crippen LogP contribution is -2.46. The second-order valence-corrected chi connectivity index (χ2v) is 7.55. The lowest BCUT2D eigenvalue weighted by molar-refractivity contribution is -0.131. The third kappa shape index (κ3) is 4.61. The Labute approximate surface area is 121 Å². The highest BCUT2D eigenvalue weighted by Gasteiger charge is 2.29. The van der Waals surface area contributed by atoms with Crippen LogP contribution in [0, 0.1) is 0 Å². The Bertz CT molecular complexity index is 388. The number of hydrogen-bond acceptors (Lipinski definition) is 4. The smallest absolute Gasteiger partial charge is 0.223 e. The van der Waals surface area contributed by atoms with Gasteiger partial charge in [-0.15, -0.1) is 12.4 Å². The molecule has 0 atom stereocenters. The van der Waals surface area contributed by atoms with Crippen LogP contribution in [-0.4, -0.2) is 56.4 Å². The maximum absolute atomic E-state index is 12.0. The van der Waals surface area contributed by atoms with Gasteiger partial charge >= 0.3 is 0 Å². The molecule has 0 aromatic rings. The third-order valence-corrected chi connectivity index (χ3v) is 6.14. The first-order valence-corrected chi connectivity index (χ1v) is 8.51. The van der Waals surface area contributed by atoms with E-state index in [1.54, 1.807) is 4.90 Å². The number of hydrogen-bond donors (Lipinski definition) is 1. The van der Waals surface area contributed by atoms with Crippen LogP contribution >= 0.6 is 12.4 Å². The van der Waals surface area contributed by atoms with E-state index in [9.17, 15) is 13.2 Å². The number of rotatable bonds is 4. The number of halogens is 1. The molecule has 0 unspecified atom stereocenters. The molecule has 2 aliphatic rings. The fourth-order valence-corrected chi connectivity index (χ4v) is 4.56. The molecule has 1 aliphatic heterocycles. The molecule has 2 rings (SSSR count). The first-order valence-electron chi connectivity index (χ1n) is 6.80. The van der Waals surface area contributed by atoms with E-state index in [4.69, 9.17) is 0 Å². The van der Waals surface area contributed by atoms with Crippen LogP contribution in [0.25, 0.3) is 0 Å². The Kier molecular flexibility index (Phi) is 6.56. The summed E-state index contributed by atoms with van der Waals surface area (Å²) in [5.74, 6) is 0.0125. The van der Waals surface area contributed by atoms with E-state index in [1.165, 1.54) is 0 Å². The van der Waals surface area contributed by atoms with Gasteiger partial charge in [0.2, 0.25) is 5.91 Å². The minimum atomic E-state index is -3.06. The van der Waals surface area contributed by atoms with Gasteiger partial charge in [-0.25, -0.2) is 8.42 Å². The van der Waals surface area contributed by atoms with E-state index >= 15 is 0 Å². The predicted molar refractivity (Wildman–Crippen MR) is 77.4 cm³/mol. The normalized spacial score (nSPS) is 21.2. The zero-order valence-electron chi connectivity index (χ0n) is 11.1. The molecule has 112 valence electrons. The van der Waals surface area contributed by atoms with Crippen LogP contribution in [0.5, 0.6) is 0 Å². The van der Waals surface area contributed by atoms with E-state index in [0.29, 0.717) is 13.1 Å². The molecule has 5 nitrogen and oxygen atoms in total. The van der Waals surface area contributed by atoms with E-state index < -0.39 is 9.84 Å². The maximum atomic E-state index is 12.0. The summed E-state index contributed by atoms with van der Waals surface area (Å²) in [4.78, 5) is 13.7. The Morgan fingerprint density at radius 2 is 1.74 bits per heavy atom. The molecule has 0 aromatic heterocycles. The standard InChI is InChI=1S/C12H22N2O3S.ClH/c15-12(14-8-6-13-7-9-14)5-10-18(16,17)11-3-1-2-4-11;/h11,13H,1-10H2;1H. The first-order chi connectivity index (χ1) is 8.59. The van der Waals surface area contributed by atoms with Crippen molar-refractivity contribution in [1.82, 2.24) is 10.2 Å². The van der Waals surface area contributed by atoms with Gasteiger partial charge in [0.25, 0.3) is 0 Å². The Morgan fingerprint density at radius 1 is 1.16 bits per heavy atom. The molecule has 1 saturated heterocycles. The number of sulfone groups is 1. The molecule has 1 aliphatic carbocycles. The third-order valence-electron chi connectivity index (χ3n) is 3.88. The van der Waals surface area contributed by atoms with Gasteiger partial charge in [0.05, 0.1) is 11.0 Å². The Hall–Kier alpha value is -0.330. The van der Waals surface area contributed by atoms with Crippen molar-refractivity contribution in [3.8, 4) is 0 Å². The molecule has 19 heavy (non-hydrogen) atoms. The second-order valence-electron chi connectivity index (χ2n) is 5.15. The van der Waals surface area contributed by atoms with E-state index in [-0.39, 0.29) is 35.7 Å². The highest BCUT2D eigenvalue weighted by molar-refractivity contribution is 7.92. The predicted octanol–water partition coefficient (Wildman–Crippen LogP) is 0.588. The van der Waals surface area contributed by atoms with Crippen molar-refractivity contribution in [3.05, 3.63) is 0 Å². The van der Waals surface area contributed by atoms with Gasteiger partial charge < -0.3 is 10.2 Å². The molecule has 0 spiro atoms. The van der Waals surface area contributed by atoms with Crippen molar-refractivity contribution in [2.24, 2.45) is 0 Å². The maximum Gasteiger partial charge on any atom is 0.223 e. The Morgan fingerprint density at radius 3 is 2.32 bits per heavy atom. The fourth-order valence-electron chi connectivity index (χ4n) is 2.72. The van der Waals surface area contributed by atoms with E-state index in [2.05, 4.69) is 5.32 Å². The van der Waals surface area contributed by atoms with Crippen molar-refractivity contribution in [2.75, 3.05) is 31.9 Å². The summed E-state index contributed by atoms with van der Waals surface area (Å²) in [6, 6.07) is 0. The summed E-state index contributed by atoms with van der Waals surface area (Å²) in [6.45, 7) is 3.01. The zero-order chi connectivity index (χ0) is 13.0. The van der Waals surface area contributed by atoms with Gasteiger partial charge in [0.1, 0.15) is 0 Å². The van der Waals surface area contributed by atoms with Crippen LogP contribution in [-0.2, 0) is 14.6 Å². The summed E-state index contributed by atoms with van der Waals surface area (Å²) >= 11 is 0. The second kappa shape index (κ2) is 7.45. The van der Waals surface area contributed by atoms with Crippen LogP contribution in [0.3, 0.4) is 0 Å². The fraction of sp³-hybridized carbons (Fsp3) is 0.917. The number of amides is 1. The van der Waals surface area contributed by atoms with Crippen LogP contribution in [0.2, 0.25) is 0 Å². The lowest BCUT2D eigenvalue weighted by atomic mass is 10.3. The van der Waals surface area contributed by atoms with E-state index in [1.807, 2.05) is 0 Å². The highest BCUT2D eigenvalue weighted by Crippen LogP contribution is 2.25. The van der Waals surface area contributed by atoms with Crippen molar-refractivity contribution in [2.45, 2.75) is 37.4 Å². The number of carbonyl (C=O) groups excluding carboxylic acids is 1. The summed E-state index contributed by atoms with van der Waals surface area (Å²) in [6.07, 6.45) is 3.73. The van der Waals surface area contributed by atoms with Crippen LogP contribution in [0.1, 0.15) is 32.1 Å². The summed E-state index contributed by atoms with van der Waals surface area (Å²) in [5, 5.41) is 2.99. The SMILES string of the molecule is Cl.O=C(CCS(=O)(=O)C1CCCC1)N1CCNCC1. The van der Waals surface area contributed by atoms with Crippen molar-refractivity contribution in [1.29, 1.82) is 0 Å². The van der Waals surface area contributed by atoms with Crippen LogP contribution < -0.4 is 5.32 Å². The molecule has 0 aromatic carbocycles. The van der Waals surface area contributed by atoms with Gasteiger partial charge in [-0.1, -0.05) is 12.8 Å². The highest BCUT2D eigenvalue weighted by atomic mass is 35.5. The van der Waals surface area contributed by atoms with Gasteiger partial charge in [-0.05, 0) is 12.8 Å². The molecular formula is C12H23ClN2O3S. The average molecular weight is 311 g/mol. The molecule has 7 heteroatoms. The quantitative estimate of drug-likeness (QED) is 0.825. The summed E-state index contributed by atoms with van der Waals surface area (Å²) in [7, 11) is -3.06. The van der Waals surface area contributed by atoms with Crippen LogP contribution in [0.15, 0.2) is 0 Å². The number of nitrogens with zero attached hydrogens (tertiary/aromatic N) is 1. The average Bonchev–Trinajstić information content (AvgIpc) is 2.92. The first kappa shape index (κ1) is 16.7. The Balaban J connectivity index is 0.00000180. The minimum Gasteiger partial charge on any atom is -0.340 e. The summed E-state index contributed by atoms with van der Waals surface area (Å²) < 4.78 is 24.1. The number of piperazine rings is 1.